The Morgan fingerprint density at radius 1 is 1.05 bits per heavy atom. The normalized spacial score (nSPS) is 25.1. The lowest BCUT2D eigenvalue weighted by Gasteiger charge is -2.19. The number of nitrogens with zero attached hydrogens (tertiary/aromatic N) is 3. The van der Waals surface area contributed by atoms with Crippen molar-refractivity contribution in [2.24, 2.45) is 11.8 Å². The highest BCUT2D eigenvalue weighted by Crippen LogP contribution is 2.37. The summed E-state index contributed by atoms with van der Waals surface area (Å²) in [4.78, 5) is 11.4. The Morgan fingerprint density at radius 3 is 2.55 bits per heavy atom. The maximum atomic E-state index is 4.56. The molecule has 2 atom stereocenters. The second-order valence-electron chi connectivity index (χ2n) is 5.73. The molecule has 0 amide bonds. The van der Waals surface area contributed by atoms with Crippen LogP contribution >= 0.6 is 15.9 Å². The van der Waals surface area contributed by atoms with Gasteiger partial charge in [0.2, 0.25) is 0 Å². The average molecular weight is 330 g/mol. The summed E-state index contributed by atoms with van der Waals surface area (Å²) in [5, 5.41) is 1.15. The minimum absolute atomic E-state index is 0.789. The molecule has 2 aliphatic rings. The number of hydrogen-bond donors (Lipinski definition) is 0. The van der Waals surface area contributed by atoms with Gasteiger partial charge in [-0.2, -0.15) is 0 Å². The fourth-order valence-electron chi connectivity index (χ4n) is 3.46. The van der Waals surface area contributed by atoms with Crippen molar-refractivity contribution in [1.29, 1.82) is 0 Å². The molecule has 2 heterocycles. The molecule has 102 valence electrons. The number of anilines is 1. The lowest BCUT2D eigenvalue weighted by atomic mass is 9.86. The molecule has 2 aromatic rings. The first-order valence-corrected chi connectivity index (χ1v) is 7.91. The predicted molar refractivity (Wildman–Crippen MR) is 84.8 cm³/mol. The second-order valence-corrected chi connectivity index (χ2v) is 6.64. The van der Waals surface area contributed by atoms with Crippen LogP contribution in [0, 0.1) is 11.8 Å². The SMILES string of the molecule is Brc1ccc2ncnc(N3CC4CC=CCC4C3)c2c1. The van der Waals surface area contributed by atoms with Gasteiger partial charge in [-0.25, -0.2) is 9.97 Å². The van der Waals surface area contributed by atoms with Gasteiger partial charge in [0.05, 0.1) is 5.52 Å². The fourth-order valence-corrected chi connectivity index (χ4v) is 3.82. The van der Waals surface area contributed by atoms with Crippen LogP contribution in [0.3, 0.4) is 0 Å². The quantitative estimate of drug-likeness (QED) is 0.745. The molecule has 1 fully saturated rings. The number of aromatic nitrogens is 2. The molecule has 0 radical (unpaired) electrons. The molecule has 0 bridgehead atoms. The Balaban J connectivity index is 1.74. The van der Waals surface area contributed by atoms with Gasteiger partial charge < -0.3 is 4.90 Å². The Hall–Kier alpha value is -1.42. The van der Waals surface area contributed by atoms with Crippen molar-refractivity contribution in [1.82, 2.24) is 9.97 Å². The van der Waals surface area contributed by atoms with Crippen LogP contribution in [-0.4, -0.2) is 23.1 Å². The number of halogens is 1. The Morgan fingerprint density at radius 2 is 1.80 bits per heavy atom. The lowest BCUT2D eigenvalue weighted by Crippen LogP contribution is -2.21. The van der Waals surface area contributed by atoms with Crippen LogP contribution in [0.1, 0.15) is 12.8 Å². The molecule has 1 aromatic carbocycles. The largest absolute Gasteiger partial charge is 0.355 e. The highest BCUT2D eigenvalue weighted by atomic mass is 79.9. The molecule has 0 N–H and O–H groups in total. The summed E-state index contributed by atoms with van der Waals surface area (Å²) in [5.74, 6) is 2.67. The molecule has 0 spiro atoms. The molecule has 4 heteroatoms. The third-order valence-electron chi connectivity index (χ3n) is 4.50. The molecular weight excluding hydrogens is 314 g/mol. The average Bonchev–Trinajstić information content (AvgIpc) is 2.90. The zero-order valence-corrected chi connectivity index (χ0v) is 12.8. The monoisotopic (exact) mass is 329 g/mol. The highest BCUT2D eigenvalue weighted by molar-refractivity contribution is 9.10. The van der Waals surface area contributed by atoms with Crippen LogP contribution < -0.4 is 4.90 Å². The third kappa shape index (κ3) is 2.03. The van der Waals surface area contributed by atoms with Gasteiger partial charge in [0.15, 0.2) is 0 Å². The third-order valence-corrected chi connectivity index (χ3v) is 4.99. The molecule has 1 saturated heterocycles. The fraction of sp³-hybridized carbons (Fsp3) is 0.375. The van der Waals surface area contributed by atoms with Gasteiger partial charge in [-0.3, -0.25) is 0 Å². The van der Waals surface area contributed by atoms with E-state index in [4.69, 9.17) is 0 Å². The summed E-state index contributed by atoms with van der Waals surface area (Å²) in [6.45, 7) is 2.24. The van der Waals surface area contributed by atoms with Crippen LogP contribution in [0.5, 0.6) is 0 Å². The van der Waals surface area contributed by atoms with Crippen molar-refractivity contribution in [2.75, 3.05) is 18.0 Å². The summed E-state index contributed by atoms with van der Waals surface area (Å²) in [6, 6.07) is 6.22. The molecule has 1 aromatic heterocycles. The summed E-state index contributed by atoms with van der Waals surface area (Å²) < 4.78 is 1.08. The Kier molecular flexibility index (Phi) is 2.99. The number of fused-ring (bicyclic) bond motifs is 2. The Labute approximate surface area is 126 Å². The Bertz CT molecular complexity index is 666. The highest BCUT2D eigenvalue weighted by Gasteiger charge is 2.33. The number of hydrogen-bond acceptors (Lipinski definition) is 3. The van der Waals surface area contributed by atoms with E-state index in [9.17, 15) is 0 Å². The van der Waals surface area contributed by atoms with Crippen LogP contribution in [0.4, 0.5) is 5.82 Å². The summed E-state index contributed by atoms with van der Waals surface area (Å²) in [6.07, 6.45) is 8.78. The van der Waals surface area contributed by atoms with Crippen molar-refractivity contribution in [3.63, 3.8) is 0 Å². The van der Waals surface area contributed by atoms with Crippen molar-refractivity contribution in [3.8, 4) is 0 Å². The van der Waals surface area contributed by atoms with Crippen LogP contribution in [0.2, 0.25) is 0 Å². The van der Waals surface area contributed by atoms with E-state index in [-0.39, 0.29) is 0 Å². The molecule has 20 heavy (non-hydrogen) atoms. The minimum Gasteiger partial charge on any atom is -0.355 e. The maximum Gasteiger partial charge on any atom is 0.139 e. The lowest BCUT2D eigenvalue weighted by molar-refractivity contribution is 0.411. The van der Waals surface area contributed by atoms with Gasteiger partial charge >= 0.3 is 0 Å². The first-order chi connectivity index (χ1) is 9.81. The summed E-state index contributed by atoms with van der Waals surface area (Å²) >= 11 is 3.55. The van der Waals surface area contributed by atoms with E-state index in [1.165, 1.54) is 12.8 Å². The van der Waals surface area contributed by atoms with E-state index in [2.05, 4.69) is 55.1 Å². The van der Waals surface area contributed by atoms with Crippen LogP contribution in [-0.2, 0) is 0 Å². The number of allylic oxidation sites excluding steroid dienone is 2. The van der Waals surface area contributed by atoms with Gasteiger partial charge in [-0.05, 0) is 42.9 Å². The van der Waals surface area contributed by atoms with Crippen molar-refractivity contribution >= 4 is 32.7 Å². The van der Waals surface area contributed by atoms with Crippen LogP contribution in [0.25, 0.3) is 10.9 Å². The van der Waals surface area contributed by atoms with E-state index < -0.39 is 0 Å². The first kappa shape index (κ1) is 12.3. The van der Waals surface area contributed by atoms with E-state index in [0.29, 0.717) is 0 Å². The molecule has 1 aliphatic heterocycles. The zero-order valence-electron chi connectivity index (χ0n) is 11.2. The second kappa shape index (κ2) is 4.85. The molecular formula is C16H16BrN3. The van der Waals surface area contributed by atoms with Crippen molar-refractivity contribution in [2.45, 2.75) is 12.8 Å². The summed E-state index contributed by atoms with van der Waals surface area (Å²) in [5.41, 5.74) is 1.02. The molecule has 3 nitrogen and oxygen atoms in total. The predicted octanol–water partition coefficient (Wildman–Crippen LogP) is 3.79. The smallest absolute Gasteiger partial charge is 0.139 e. The maximum absolute atomic E-state index is 4.56. The minimum atomic E-state index is 0.789. The molecule has 0 saturated carbocycles. The van der Waals surface area contributed by atoms with Crippen LogP contribution in [0.15, 0.2) is 41.2 Å². The van der Waals surface area contributed by atoms with E-state index in [1.807, 2.05) is 6.07 Å². The zero-order chi connectivity index (χ0) is 13.5. The summed E-state index contributed by atoms with van der Waals surface area (Å²) in [7, 11) is 0. The standard InChI is InChI=1S/C16H16BrN3/c17-13-5-6-15-14(7-13)16(19-10-18-15)20-8-11-3-1-2-4-12(11)9-20/h1-2,5-7,10-12H,3-4,8-9H2. The topological polar surface area (TPSA) is 29.0 Å². The van der Waals surface area contributed by atoms with Crippen molar-refractivity contribution < 1.29 is 0 Å². The number of benzene rings is 1. The van der Waals surface area contributed by atoms with E-state index in [0.717, 1.165) is 46.1 Å². The van der Waals surface area contributed by atoms with E-state index >= 15 is 0 Å². The number of rotatable bonds is 1. The van der Waals surface area contributed by atoms with E-state index in [1.54, 1.807) is 6.33 Å². The van der Waals surface area contributed by atoms with Crippen molar-refractivity contribution in [3.05, 3.63) is 41.2 Å². The molecule has 1 aliphatic carbocycles. The first-order valence-electron chi connectivity index (χ1n) is 7.11. The van der Waals surface area contributed by atoms with Gasteiger partial charge in [-0.15, -0.1) is 0 Å². The molecule has 4 rings (SSSR count). The van der Waals surface area contributed by atoms with Gasteiger partial charge in [0, 0.05) is 22.9 Å². The van der Waals surface area contributed by atoms with Gasteiger partial charge in [0.25, 0.3) is 0 Å². The molecule has 2 unspecified atom stereocenters. The van der Waals surface area contributed by atoms with Gasteiger partial charge in [0.1, 0.15) is 12.1 Å². The van der Waals surface area contributed by atoms with Gasteiger partial charge in [-0.1, -0.05) is 28.1 Å².